The first-order chi connectivity index (χ1) is 15.5. The van der Waals surface area contributed by atoms with Gasteiger partial charge in [0, 0.05) is 17.8 Å². The van der Waals surface area contributed by atoms with Crippen LogP contribution in [0.3, 0.4) is 0 Å². The number of allylic oxidation sites excluding steroid dienone is 1. The van der Waals surface area contributed by atoms with E-state index in [1.165, 1.54) is 0 Å². The van der Waals surface area contributed by atoms with Crippen LogP contribution in [0, 0.1) is 0 Å². The lowest BCUT2D eigenvalue weighted by atomic mass is 10.1. The van der Waals surface area contributed by atoms with Crippen molar-refractivity contribution in [1.82, 2.24) is 14.8 Å². The van der Waals surface area contributed by atoms with E-state index in [0.717, 1.165) is 17.3 Å². The van der Waals surface area contributed by atoms with E-state index in [2.05, 4.69) is 22.1 Å². The Morgan fingerprint density at radius 2 is 1.61 bits per heavy atom. The van der Waals surface area contributed by atoms with Crippen molar-refractivity contribution >= 4 is 23.4 Å². The van der Waals surface area contributed by atoms with Crippen LogP contribution in [-0.2, 0) is 23.7 Å². The smallest absolute Gasteiger partial charge is 0.325 e. The van der Waals surface area contributed by atoms with Gasteiger partial charge < -0.3 is 5.32 Å². The van der Waals surface area contributed by atoms with E-state index in [0.29, 0.717) is 29.7 Å². The van der Waals surface area contributed by atoms with Gasteiger partial charge in [0.25, 0.3) is 0 Å². The molecular weight excluding hydrogens is 470 g/mol. The molecule has 0 saturated carbocycles. The van der Waals surface area contributed by atoms with E-state index in [-0.39, 0.29) is 11.8 Å². The number of aromatic nitrogens is 3. The van der Waals surface area contributed by atoms with Crippen LogP contribution < -0.4 is 5.32 Å². The second-order valence-corrected chi connectivity index (χ2v) is 7.65. The molecule has 3 rings (SSSR count). The van der Waals surface area contributed by atoms with Crippen molar-refractivity contribution in [1.29, 1.82) is 0 Å². The molecule has 0 atom stereocenters. The van der Waals surface area contributed by atoms with Crippen molar-refractivity contribution in [3.63, 3.8) is 0 Å². The number of alkyl halides is 6. The Bertz CT molecular complexity index is 1110. The molecule has 0 fully saturated rings. The maximum Gasteiger partial charge on any atom is 0.416 e. The van der Waals surface area contributed by atoms with Gasteiger partial charge in [-0.1, -0.05) is 48.2 Å². The van der Waals surface area contributed by atoms with Crippen LogP contribution in [0.4, 0.5) is 32.0 Å². The van der Waals surface area contributed by atoms with Crippen molar-refractivity contribution in [3.8, 4) is 11.4 Å². The third kappa shape index (κ3) is 6.15. The average Bonchev–Trinajstić information content (AvgIpc) is 3.14. The molecule has 0 aliphatic rings. The molecule has 0 saturated heterocycles. The quantitative estimate of drug-likeness (QED) is 0.257. The molecule has 1 N–H and O–H groups in total. The molecule has 0 bridgehead atoms. The van der Waals surface area contributed by atoms with Gasteiger partial charge in [0.1, 0.15) is 0 Å². The molecule has 2 aromatic carbocycles. The van der Waals surface area contributed by atoms with Crippen molar-refractivity contribution in [2.45, 2.75) is 24.1 Å². The number of carbonyl (C=O) groups excluding carboxylic acids is 1. The predicted octanol–water partition coefficient (Wildman–Crippen LogP) is 5.90. The fourth-order valence-electron chi connectivity index (χ4n) is 2.84. The number of anilines is 1. The maximum atomic E-state index is 13.0. The van der Waals surface area contributed by atoms with Gasteiger partial charge in [0.05, 0.1) is 16.9 Å². The Hall–Kier alpha value is -3.28. The summed E-state index contributed by atoms with van der Waals surface area (Å²) >= 11 is 0.934. The summed E-state index contributed by atoms with van der Waals surface area (Å²) in [6.07, 6.45) is -8.42. The lowest BCUT2D eigenvalue weighted by Crippen LogP contribution is -2.17. The van der Waals surface area contributed by atoms with E-state index >= 15 is 0 Å². The van der Waals surface area contributed by atoms with E-state index in [9.17, 15) is 31.1 Å². The second-order valence-electron chi connectivity index (χ2n) is 6.70. The minimum absolute atomic E-state index is 0.00667. The normalized spacial score (nSPS) is 11.9. The second kappa shape index (κ2) is 9.69. The molecule has 5 nitrogen and oxygen atoms in total. The van der Waals surface area contributed by atoms with Crippen LogP contribution >= 0.6 is 11.8 Å². The third-order valence-electron chi connectivity index (χ3n) is 4.26. The zero-order chi connectivity index (χ0) is 24.2. The molecule has 1 amide bonds. The van der Waals surface area contributed by atoms with E-state index in [1.807, 2.05) is 30.3 Å². The molecule has 0 spiro atoms. The van der Waals surface area contributed by atoms with E-state index in [1.54, 1.807) is 10.6 Å². The highest BCUT2D eigenvalue weighted by molar-refractivity contribution is 7.99. The SMILES string of the molecule is C=CCn1c(SCC(=O)Nc2cc(C(F)(F)F)cc(C(F)(F)F)c2)nnc1-c1ccccc1. The zero-order valence-electron chi connectivity index (χ0n) is 16.7. The van der Waals surface area contributed by atoms with Gasteiger partial charge in [-0.3, -0.25) is 9.36 Å². The summed E-state index contributed by atoms with van der Waals surface area (Å²) in [5, 5.41) is 10.6. The first kappa shape index (κ1) is 24.4. The van der Waals surface area contributed by atoms with Gasteiger partial charge >= 0.3 is 12.4 Å². The summed E-state index contributed by atoms with van der Waals surface area (Å²) in [4.78, 5) is 12.3. The van der Waals surface area contributed by atoms with Crippen molar-refractivity contribution in [3.05, 3.63) is 72.3 Å². The summed E-state index contributed by atoms with van der Waals surface area (Å²) in [5.74, 6) is -0.602. The fourth-order valence-corrected chi connectivity index (χ4v) is 3.59. The Balaban J connectivity index is 1.77. The van der Waals surface area contributed by atoms with Crippen LogP contribution in [0.5, 0.6) is 0 Å². The highest BCUT2D eigenvalue weighted by Gasteiger charge is 2.37. The Kier molecular flexibility index (Phi) is 7.15. The number of nitrogens with zero attached hydrogens (tertiary/aromatic N) is 3. The summed E-state index contributed by atoms with van der Waals surface area (Å²) in [7, 11) is 0. The molecule has 33 heavy (non-hydrogen) atoms. The average molecular weight is 486 g/mol. The molecular formula is C21H16F6N4OS. The van der Waals surface area contributed by atoms with Crippen LogP contribution in [0.15, 0.2) is 66.3 Å². The highest BCUT2D eigenvalue weighted by atomic mass is 32.2. The van der Waals surface area contributed by atoms with Crippen molar-refractivity contribution < 1.29 is 31.1 Å². The largest absolute Gasteiger partial charge is 0.416 e. The number of halogens is 6. The molecule has 1 aromatic heterocycles. The summed E-state index contributed by atoms with van der Waals surface area (Å²) in [6.45, 7) is 3.99. The molecule has 0 radical (unpaired) electrons. The first-order valence-corrected chi connectivity index (χ1v) is 10.3. The van der Waals surface area contributed by atoms with E-state index in [4.69, 9.17) is 0 Å². The van der Waals surface area contributed by atoms with Crippen molar-refractivity contribution in [2.75, 3.05) is 11.1 Å². The van der Waals surface area contributed by atoms with E-state index < -0.39 is 35.1 Å². The topological polar surface area (TPSA) is 59.8 Å². The standard InChI is InChI=1S/C21H16F6N4OS/c1-2-8-31-18(13-6-4-3-5-7-13)29-30-19(31)33-12-17(32)28-16-10-14(20(22,23)24)9-15(11-16)21(25,26)27/h2-7,9-11H,1,8,12H2,(H,28,32). The van der Waals surface area contributed by atoms with Crippen molar-refractivity contribution in [2.24, 2.45) is 0 Å². The van der Waals surface area contributed by atoms with Crippen LogP contribution in [0.25, 0.3) is 11.4 Å². The number of carbonyl (C=O) groups is 1. The number of thioether (sulfide) groups is 1. The number of benzene rings is 2. The van der Waals surface area contributed by atoms with Gasteiger partial charge in [0.15, 0.2) is 11.0 Å². The monoisotopic (exact) mass is 486 g/mol. The first-order valence-electron chi connectivity index (χ1n) is 9.30. The van der Waals surface area contributed by atoms with Gasteiger partial charge in [-0.05, 0) is 18.2 Å². The van der Waals surface area contributed by atoms with Gasteiger partial charge in [0.2, 0.25) is 5.91 Å². The molecule has 3 aromatic rings. The highest BCUT2D eigenvalue weighted by Crippen LogP contribution is 2.37. The molecule has 0 aliphatic carbocycles. The molecule has 174 valence electrons. The number of rotatable bonds is 7. The minimum atomic E-state index is -5.01. The molecule has 1 heterocycles. The Labute approximate surface area is 188 Å². The van der Waals surface area contributed by atoms with Gasteiger partial charge in [-0.15, -0.1) is 16.8 Å². The molecule has 12 heteroatoms. The lowest BCUT2D eigenvalue weighted by Gasteiger charge is -2.14. The fraction of sp³-hybridized carbons (Fsp3) is 0.190. The van der Waals surface area contributed by atoms with Crippen LogP contribution in [-0.4, -0.2) is 26.4 Å². The van der Waals surface area contributed by atoms with Gasteiger partial charge in [-0.25, -0.2) is 0 Å². The zero-order valence-corrected chi connectivity index (χ0v) is 17.6. The number of hydrogen-bond donors (Lipinski definition) is 1. The predicted molar refractivity (Wildman–Crippen MR) is 111 cm³/mol. The number of amides is 1. The number of hydrogen-bond acceptors (Lipinski definition) is 4. The Morgan fingerprint density at radius 1 is 1.00 bits per heavy atom. The molecule has 0 unspecified atom stereocenters. The van der Waals surface area contributed by atoms with Crippen LogP contribution in [0.1, 0.15) is 11.1 Å². The Morgan fingerprint density at radius 3 is 2.15 bits per heavy atom. The lowest BCUT2D eigenvalue weighted by molar-refractivity contribution is -0.143. The summed E-state index contributed by atoms with van der Waals surface area (Å²) < 4.78 is 79.6. The van der Waals surface area contributed by atoms with Crippen LogP contribution in [0.2, 0.25) is 0 Å². The maximum absolute atomic E-state index is 13.0. The minimum Gasteiger partial charge on any atom is -0.325 e. The molecule has 0 aliphatic heterocycles. The summed E-state index contributed by atoms with van der Waals surface area (Å²) in [6, 6.07) is 9.98. The summed E-state index contributed by atoms with van der Waals surface area (Å²) in [5.41, 5.74) is -2.87. The van der Waals surface area contributed by atoms with Gasteiger partial charge in [-0.2, -0.15) is 26.3 Å². The number of nitrogens with one attached hydrogen (secondary N) is 1. The third-order valence-corrected chi connectivity index (χ3v) is 5.23.